The molecule has 4 saturated carbocycles. The molecule has 2 N–H and O–H groups in total. The molecule has 8 heteroatoms. The van der Waals surface area contributed by atoms with E-state index in [0.717, 1.165) is 68.1 Å². The van der Waals surface area contributed by atoms with Crippen molar-refractivity contribution in [3.63, 3.8) is 0 Å². The highest BCUT2D eigenvalue weighted by Crippen LogP contribution is 2.75. The van der Waals surface area contributed by atoms with E-state index in [1.54, 1.807) is 0 Å². The summed E-state index contributed by atoms with van der Waals surface area (Å²) in [5.41, 5.74) is 2.62. The highest BCUT2D eigenvalue weighted by atomic mass is 16.5. The molecule has 8 nitrogen and oxygen atoms in total. The van der Waals surface area contributed by atoms with Crippen LogP contribution in [0.2, 0.25) is 0 Å². The van der Waals surface area contributed by atoms with Gasteiger partial charge >= 0.3 is 11.9 Å². The molecule has 338 valence electrons. The summed E-state index contributed by atoms with van der Waals surface area (Å²) < 4.78 is 18.5. The number of allylic oxidation sites excluding steroid dienone is 2. The number of aliphatic hydroxyl groups excluding tert-OH is 1. The van der Waals surface area contributed by atoms with Gasteiger partial charge in [-0.2, -0.15) is 0 Å². The number of rotatable bonds is 13. The molecule has 63 heavy (non-hydrogen) atoms. The van der Waals surface area contributed by atoms with Crippen molar-refractivity contribution in [2.24, 2.45) is 50.2 Å². The minimum Gasteiger partial charge on any atom is -0.460 e. The van der Waals surface area contributed by atoms with Gasteiger partial charge in [0, 0.05) is 12.5 Å². The summed E-state index contributed by atoms with van der Waals surface area (Å²) in [7, 11) is 0. The second-order valence-corrected chi connectivity index (χ2v) is 22.0. The number of fused-ring (bicyclic) bond motifs is 7. The molecule has 5 aliphatic rings. The van der Waals surface area contributed by atoms with E-state index in [1.165, 1.54) is 5.57 Å². The molecule has 0 bridgehead atoms. The molecule has 4 fully saturated rings. The Kier molecular flexibility index (Phi) is 12.5. The van der Waals surface area contributed by atoms with Crippen molar-refractivity contribution < 1.29 is 33.7 Å². The molecule has 10 atom stereocenters. The first-order valence-electron chi connectivity index (χ1n) is 23.7. The van der Waals surface area contributed by atoms with Crippen molar-refractivity contribution in [3.8, 4) is 0 Å². The van der Waals surface area contributed by atoms with Gasteiger partial charge < -0.3 is 24.6 Å². The molecule has 0 amide bonds. The van der Waals surface area contributed by atoms with Crippen molar-refractivity contribution in [2.75, 3.05) is 19.7 Å². The number of benzene rings is 3. The van der Waals surface area contributed by atoms with Crippen molar-refractivity contribution >= 4 is 17.7 Å². The van der Waals surface area contributed by atoms with E-state index in [4.69, 9.17) is 14.2 Å². The fourth-order valence-electron chi connectivity index (χ4n) is 13.9. The van der Waals surface area contributed by atoms with Gasteiger partial charge in [-0.1, -0.05) is 138 Å². The maximum absolute atomic E-state index is 15.1. The number of carbonyl (C=O) groups is 3. The third-order valence-corrected chi connectivity index (χ3v) is 17.8. The normalized spacial score (nSPS) is 34.9. The second kappa shape index (κ2) is 17.4. The third kappa shape index (κ3) is 8.27. The molecule has 0 aliphatic heterocycles. The maximum atomic E-state index is 15.1. The van der Waals surface area contributed by atoms with Gasteiger partial charge in [-0.25, -0.2) is 0 Å². The van der Waals surface area contributed by atoms with E-state index >= 15 is 4.79 Å². The molecular weight excluding hydrogens is 787 g/mol. The van der Waals surface area contributed by atoms with E-state index < -0.39 is 17.6 Å². The molecule has 3 aromatic rings. The molecule has 5 aliphatic carbocycles. The average molecular weight is 858 g/mol. The molecule has 0 aromatic heterocycles. The second-order valence-electron chi connectivity index (χ2n) is 22.0. The van der Waals surface area contributed by atoms with Crippen molar-refractivity contribution in [1.82, 2.24) is 5.32 Å². The van der Waals surface area contributed by atoms with Crippen LogP contribution in [-0.2, 0) is 35.2 Å². The van der Waals surface area contributed by atoms with E-state index in [9.17, 15) is 14.7 Å². The van der Waals surface area contributed by atoms with Crippen LogP contribution in [0.15, 0.2) is 103 Å². The van der Waals surface area contributed by atoms with Crippen LogP contribution in [0.5, 0.6) is 0 Å². The Hall–Kier alpha value is -4.11. The van der Waals surface area contributed by atoms with Crippen LogP contribution in [0.25, 0.3) is 0 Å². The minimum atomic E-state index is -0.774. The van der Waals surface area contributed by atoms with E-state index in [1.807, 2.05) is 91.0 Å². The number of esters is 2. The lowest BCUT2D eigenvalue weighted by molar-refractivity contribution is -0.212. The van der Waals surface area contributed by atoms with Gasteiger partial charge in [0.2, 0.25) is 0 Å². The van der Waals surface area contributed by atoms with Gasteiger partial charge in [0.15, 0.2) is 11.9 Å². The standard InChI is InChI=1S/C55H71NO7/c1-50(2)44-23-26-55(7)48(53(44,5)25-24-45(50)61-36-40(57)33-56-34-46(59)62-35-37-17-11-8-12-18-37)43(58)31-41-42-32-52(4,28-27-51(42,3)29-30-54(41,55)6)49(60)63-47(38-19-13-9-14-20-38)39-21-15-10-16-22-39/h8-22,31,40,42,44-45,47-48,56-57H,23-30,32-36H2,1-7H3/t40?,42-,44-,45-,48+,51+,52-,53-,54+,55+/m0/s1. The van der Waals surface area contributed by atoms with Crippen LogP contribution in [0, 0.1) is 50.2 Å². The Bertz CT molecular complexity index is 2120. The summed E-state index contributed by atoms with van der Waals surface area (Å²) in [5.74, 6) is 0.0110. The number of hydrogen-bond acceptors (Lipinski definition) is 8. The summed E-state index contributed by atoms with van der Waals surface area (Å²) in [6.45, 7) is 17.0. The zero-order chi connectivity index (χ0) is 44.8. The van der Waals surface area contributed by atoms with Crippen LogP contribution < -0.4 is 5.32 Å². The third-order valence-electron chi connectivity index (χ3n) is 17.8. The number of carbonyl (C=O) groups excluding carboxylic acids is 3. The summed E-state index contributed by atoms with van der Waals surface area (Å²) in [5, 5.41) is 13.9. The number of ether oxygens (including phenoxy) is 3. The number of nitrogens with one attached hydrogen (secondary N) is 1. The fraction of sp³-hybridized carbons (Fsp3) is 0.582. The van der Waals surface area contributed by atoms with E-state index in [-0.39, 0.29) is 95.0 Å². The first kappa shape index (κ1) is 45.5. The first-order chi connectivity index (χ1) is 29.9. The summed E-state index contributed by atoms with van der Waals surface area (Å²) in [6, 6.07) is 29.7. The molecule has 0 radical (unpaired) electrons. The molecule has 0 saturated heterocycles. The van der Waals surface area contributed by atoms with Crippen LogP contribution in [-0.4, -0.2) is 54.7 Å². The molecule has 8 rings (SSSR count). The van der Waals surface area contributed by atoms with Gasteiger partial charge in [-0.05, 0) is 126 Å². The van der Waals surface area contributed by atoms with Gasteiger partial charge in [0.05, 0.1) is 30.8 Å². The van der Waals surface area contributed by atoms with Crippen LogP contribution in [0.4, 0.5) is 0 Å². The highest BCUT2D eigenvalue weighted by Gasteiger charge is 2.70. The molecule has 0 spiro atoms. The zero-order valence-electron chi connectivity index (χ0n) is 38.8. The van der Waals surface area contributed by atoms with Crippen molar-refractivity contribution in [1.29, 1.82) is 0 Å². The zero-order valence-corrected chi connectivity index (χ0v) is 38.8. The Morgan fingerprint density at radius 3 is 2.05 bits per heavy atom. The van der Waals surface area contributed by atoms with Crippen LogP contribution in [0.1, 0.15) is 129 Å². The number of hydrogen-bond donors (Lipinski definition) is 2. The SMILES string of the molecule is CC1(C)[C@@H](OCC(O)CNCC(=O)OCc2ccccc2)CC[C@]2(C)[C@H]3C(=O)C=C4[C@@H]5C[C@@](C)(C(=O)OC(c6ccccc6)c6ccccc6)CC[C@]5(C)CC[C@@]4(C)[C@]3(C)CC[C@@H]12. The predicted octanol–water partition coefficient (Wildman–Crippen LogP) is 10.4. The topological polar surface area (TPSA) is 111 Å². The van der Waals surface area contributed by atoms with Crippen LogP contribution in [0.3, 0.4) is 0 Å². The van der Waals surface area contributed by atoms with E-state index in [2.05, 4.69) is 59.9 Å². The average Bonchev–Trinajstić information content (AvgIpc) is 3.26. The fourth-order valence-corrected chi connectivity index (χ4v) is 13.9. The largest absolute Gasteiger partial charge is 0.460 e. The lowest BCUT2D eigenvalue weighted by Gasteiger charge is -2.70. The highest BCUT2D eigenvalue weighted by molar-refractivity contribution is 5.95. The molecule has 0 heterocycles. The Labute approximate surface area is 375 Å². The lowest BCUT2D eigenvalue weighted by atomic mass is 9.33. The van der Waals surface area contributed by atoms with Gasteiger partial charge in [0.1, 0.15) is 6.61 Å². The summed E-state index contributed by atoms with van der Waals surface area (Å²) in [4.78, 5) is 42.0. The monoisotopic (exact) mass is 858 g/mol. The van der Waals surface area contributed by atoms with Gasteiger partial charge in [-0.3, -0.25) is 14.4 Å². The molecular formula is C55H71NO7. The van der Waals surface area contributed by atoms with Gasteiger partial charge in [0.25, 0.3) is 0 Å². The number of ketones is 1. The smallest absolute Gasteiger partial charge is 0.320 e. The predicted molar refractivity (Wildman–Crippen MR) is 245 cm³/mol. The Balaban J connectivity index is 0.952. The van der Waals surface area contributed by atoms with Crippen LogP contribution >= 0.6 is 0 Å². The Morgan fingerprint density at radius 2 is 1.40 bits per heavy atom. The minimum absolute atomic E-state index is 0.0110. The molecule has 1 unspecified atom stereocenters. The van der Waals surface area contributed by atoms with Crippen molar-refractivity contribution in [2.45, 2.75) is 131 Å². The van der Waals surface area contributed by atoms with E-state index in [0.29, 0.717) is 6.42 Å². The number of aliphatic hydroxyl groups is 1. The van der Waals surface area contributed by atoms with Gasteiger partial charge in [-0.15, -0.1) is 0 Å². The Morgan fingerprint density at radius 1 is 0.778 bits per heavy atom. The quantitative estimate of drug-likeness (QED) is 0.164. The lowest BCUT2D eigenvalue weighted by Crippen LogP contribution is -2.66. The first-order valence-corrected chi connectivity index (χ1v) is 23.7. The van der Waals surface area contributed by atoms with Crippen molar-refractivity contribution in [3.05, 3.63) is 119 Å². The maximum Gasteiger partial charge on any atom is 0.320 e. The summed E-state index contributed by atoms with van der Waals surface area (Å²) >= 11 is 0. The summed E-state index contributed by atoms with van der Waals surface area (Å²) in [6.07, 6.45) is 8.91. The molecule has 3 aromatic carbocycles.